The second-order valence-corrected chi connectivity index (χ2v) is 17.4. The zero-order valence-corrected chi connectivity index (χ0v) is 31.0. The maximum atomic E-state index is 14.1. The van der Waals surface area contributed by atoms with Gasteiger partial charge in [-0.3, -0.25) is 19.2 Å². The van der Waals surface area contributed by atoms with E-state index in [0.29, 0.717) is 5.56 Å². The zero-order chi connectivity index (χ0) is 39.2. The number of methoxy groups -OCH3 is 1. The molecular weight excluding hydrogens is 716 g/mol. The van der Waals surface area contributed by atoms with E-state index in [1.807, 2.05) is 0 Å². The van der Waals surface area contributed by atoms with Crippen LogP contribution in [0.25, 0.3) is 0 Å². The van der Waals surface area contributed by atoms with Crippen molar-refractivity contribution in [1.82, 2.24) is 0 Å². The molecule has 5 aliphatic carbocycles. The lowest BCUT2D eigenvalue weighted by Gasteiger charge is -2.77. The zero-order valence-electron chi connectivity index (χ0n) is 31.0. The summed E-state index contributed by atoms with van der Waals surface area (Å²) in [6.45, 7) is 10.0. The first-order valence-electron chi connectivity index (χ1n) is 18.2. The van der Waals surface area contributed by atoms with Crippen LogP contribution in [-0.4, -0.2) is 111 Å². The van der Waals surface area contributed by atoms with Crippen LogP contribution >= 0.6 is 0 Å². The Morgan fingerprint density at radius 1 is 1.00 bits per heavy atom. The average Bonchev–Trinajstić information content (AvgIpc) is 3.43. The first-order valence-corrected chi connectivity index (χ1v) is 18.2. The molecule has 4 bridgehead atoms. The fraction of sp³-hybridized carbons (Fsp3) is 0.757. The third kappa shape index (κ3) is 3.23. The number of ether oxygens (including phenoxy) is 8. The number of hydrogen-bond acceptors (Lipinski definition) is 17. The van der Waals surface area contributed by atoms with Gasteiger partial charge in [0.2, 0.25) is 5.60 Å². The third-order valence-corrected chi connectivity index (χ3v) is 15.0. The molecule has 54 heavy (non-hydrogen) atoms. The number of hydrogen-bond donors (Lipinski definition) is 3. The minimum atomic E-state index is -2.38. The number of furan rings is 1. The van der Waals surface area contributed by atoms with Crippen LogP contribution in [0, 0.1) is 33.5 Å². The second-order valence-electron chi connectivity index (χ2n) is 17.4. The Hall–Kier alpha value is -3.61. The van der Waals surface area contributed by atoms with Crippen molar-refractivity contribution in [3.63, 3.8) is 0 Å². The van der Waals surface area contributed by atoms with E-state index in [-0.39, 0.29) is 12.8 Å². The van der Waals surface area contributed by atoms with Gasteiger partial charge >= 0.3 is 29.8 Å². The van der Waals surface area contributed by atoms with Crippen LogP contribution in [0.4, 0.5) is 0 Å². The second kappa shape index (κ2) is 10.0. The highest BCUT2D eigenvalue weighted by molar-refractivity contribution is 5.82. The van der Waals surface area contributed by atoms with E-state index in [1.165, 1.54) is 32.6 Å². The van der Waals surface area contributed by atoms with Crippen molar-refractivity contribution in [3.05, 3.63) is 24.2 Å². The van der Waals surface area contributed by atoms with Crippen LogP contribution in [0.15, 0.2) is 23.0 Å². The number of aliphatic hydroxyl groups is 3. The fourth-order valence-corrected chi connectivity index (χ4v) is 13.7. The molecule has 8 fully saturated rings. The maximum Gasteiger partial charge on any atom is 0.336 e. The molecule has 1 unspecified atom stereocenters. The van der Waals surface area contributed by atoms with Gasteiger partial charge in [0.15, 0.2) is 12.2 Å². The molecule has 8 aliphatic rings. The van der Waals surface area contributed by atoms with Crippen LogP contribution in [0.5, 0.6) is 0 Å². The van der Waals surface area contributed by atoms with Crippen molar-refractivity contribution in [2.75, 3.05) is 7.11 Å². The Kier molecular flexibility index (Phi) is 6.70. The number of rotatable bonds is 7. The van der Waals surface area contributed by atoms with Crippen molar-refractivity contribution in [2.24, 2.45) is 33.5 Å². The molecule has 294 valence electrons. The molecule has 1 aromatic heterocycles. The molecule has 1 aromatic rings. The molecule has 1 spiro atoms. The number of carbonyl (C=O) groups excluding carboxylic acids is 5. The molecule has 0 amide bonds. The number of fused-ring (bicyclic) bond motifs is 3. The molecule has 17 nitrogen and oxygen atoms in total. The van der Waals surface area contributed by atoms with Gasteiger partial charge in [-0.1, -0.05) is 27.7 Å². The Labute approximate surface area is 308 Å². The van der Waals surface area contributed by atoms with E-state index in [9.17, 15) is 39.3 Å². The molecule has 3 saturated heterocycles. The van der Waals surface area contributed by atoms with E-state index in [2.05, 4.69) is 0 Å². The number of carbonyl (C=O) groups is 5. The van der Waals surface area contributed by atoms with E-state index in [0.717, 1.165) is 13.8 Å². The van der Waals surface area contributed by atoms with E-state index >= 15 is 0 Å². The molecule has 3 N–H and O–H groups in total. The minimum absolute atomic E-state index is 0.224. The Morgan fingerprint density at radius 3 is 2.26 bits per heavy atom. The van der Waals surface area contributed by atoms with E-state index in [4.69, 9.17) is 42.3 Å². The van der Waals surface area contributed by atoms with Crippen LogP contribution in [0.3, 0.4) is 0 Å². The summed E-state index contributed by atoms with van der Waals surface area (Å²) in [4.78, 5) is 67.9. The summed E-state index contributed by atoms with van der Waals surface area (Å²) in [6.07, 6.45) is -8.54. The summed E-state index contributed by atoms with van der Waals surface area (Å²) in [6, 6.07) is 1.53. The van der Waals surface area contributed by atoms with Crippen molar-refractivity contribution < 1.29 is 81.6 Å². The van der Waals surface area contributed by atoms with Crippen molar-refractivity contribution in [1.29, 1.82) is 0 Å². The summed E-state index contributed by atoms with van der Waals surface area (Å²) in [5, 5.41) is 39.5. The first kappa shape index (κ1) is 36.1. The Balaban J connectivity index is 1.44. The van der Waals surface area contributed by atoms with Crippen LogP contribution in [-0.2, 0) is 61.9 Å². The summed E-state index contributed by atoms with van der Waals surface area (Å²) >= 11 is 0. The van der Waals surface area contributed by atoms with Gasteiger partial charge in [-0.05, 0) is 24.8 Å². The van der Waals surface area contributed by atoms with Crippen LogP contribution in [0.1, 0.15) is 79.4 Å². The van der Waals surface area contributed by atoms with Gasteiger partial charge in [-0.15, -0.1) is 0 Å². The van der Waals surface area contributed by atoms with Crippen molar-refractivity contribution in [3.8, 4) is 0 Å². The predicted octanol–water partition coefficient (Wildman–Crippen LogP) is 0.742. The van der Waals surface area contributed by atoms with Gasteiger partial charge in [0.05, 0.1) is 36.4 Å². The van der Waals surface area contributed by atoms with Crippen LogP contribution < -0.4 is 0 Å². The van der Waals surface area contributed by atoms with Gasteiger partial charge in [0, 0.05) is 43.6 Å². The highest BCUT2D eigenvalue weighted by Crippen LogP contribution is 2.95. The van der Waals surface area contributed by atoms with E-state index < -0.39 is 135 Å². The van der Waals surface area contributed by atoms with Gasteiger partial charge in [0.1, 0.15) is 41.2 Å². The van der Waals surface area contributed by atoms with Gasteiger partial charge in [-0.25, -0.2) is 4.79 Å². The quantitative estimate of drug-likeness (QED) is 0.257. The minimum Gasteiger partial charge on any atom is -0.472 e. The summed E-state index contributed by atoms with van der Waals surface area (Å²) in [5.74, 6) is -8.37. The van der Waals surface area contributed by atoms with Crippen molar-refractivity contribution >= 4 is 29.8 Å². The van der Waals surface area contributed by atoms with Gasteiger partial charge < -0.3 is 57.6 Å². The largest absolute Gasteiger partial charge is 0.472 e. The molecule has 16 atom stereocenters. The summed E-state index contributed by atoms with van der Waals surface area (Å²) in [7, 11) is 1.18. The number of cyclic esters (lactones) is 1. The standard InChI is InChI=1S/C37H44O17/c1-15(2)25(43)51-35-27(49-17(4)39)29(5)13-34(35,45)30(6,19(29)11-20(40)46-8)36-21(41)24(48-16(3)38)32-14-33(32,37(36)28(35)52-31(7,53-36)54-37)22(42)26(44)50-23(32)18-9-10-47-12-18/h9-10,12,15,19,21-24,27-28,41-42,45H,11,13-14H2,1-8H3/t19-,21+,22-,23-,24-,27-,28+,29+,30-,31?,32+,33+,34+,35+,36-,37-/m0/s1. The highest BCUT2D eigenvalue weighted by Gasteiger charge is 3.11. The summed E-state index contributed by atoms with van der Waals surface area (Å²) < 4.78 is 55.8. The van der Waals surface area contributed by atoms with Gasteiger partial charge in [-0.2, -0.15) is 0 Å². The van der Waals surface area contributed by atoms with Gasteiger partial charge in [0.25, 0.3) is 5.97 Å². The Morgan fingerprint density at radius 2 is 1.67 bits per heavy atom. The Bertz CT molecular complexity index is 1910. The molecule has 5 saturated carbocycles. The molecule has 3 aliphatic heterocycles. The molecule has 4 heterocycles. The molecule has 0 radical (unpaired) electrons. The predicted molar refractivity (Wildman–Crippen MR) is 171 cm³/mol. The van der Waals surface area contributed by atoms with Crippen LogP contribution in [0.2, 0.25) is 0 Å². The molecule has 9 rings (SSSR count). The molecular formula is C37H44O17. The topological polar surface area (TPSA) is 233 Å². The third-order valence-electron chi connectivity index (χ3n) is 15.0. The first-order chi connectivity index (χ1) is 25.1. The smallest absolute Gasteiger partial charge is 0.336 e. The normalized spacial score (nSPS) is 53.6. The monoisotopic (exact) mass is 760 g/mol. The average molecular weight is 761 g/mol. The lowest BCUT2D eigenvalue weighted by Crippen LogP contribution is -2.97. The fourth-order valence-electron chi connectivity index (χ4n) is 13.7. The number of aliphatic hydroxyl groups excluding tert-OH is 2. The number of esters is 5. The van der Waals surface area contributed by atoms with Crippen molar-refractivity contribution in [2.45, 2.75) is 133 Å². The SMILES string of the molecule is COC(=O)C[C@H]1[C@@]2(C)C[C@]3(O)[C@](OC(=O)C(C)C)([C@H]4OC5(C)O[C@@]6([C@H](O)[C@H](OC(C)=O)[C@]78C[C@]7([C@@H](O)C(=O)O[C@H]8c7ccoc7)[C@@]46O5)[C@@]13C)[C@H]2OC(C)=O. The van der Waals surface area contributed by atoms with E-state index in [1.54, 1.807) is 27.7 Å². The lowest BCUT2D eigenvalue weighted by molar-refractivity contribution is -0.470. The lowest BCUT2D eigenvalue weighted by atomic mass is 9.33. The maximum absolute atomic E-state index is 14.1. The molecule has 0 aromatic carbocycles. The molecule has 17 heteroatoms. The highest BCUT2D eigenvalue weighted by atomic mass is 17.0. The summed E-state index contributed by atoms with van der Waals surface area (Å²) in [5.41, 5.74) is -16.1.